The van der Waals surface area contributed by atoms with E-state index in [9.17, 15) is 14.4 Å². The Labute approximate surface area is 123 Å². The summed E-state index contributed by atoms with van der Waals surface area (Å²) < 4.78 is 1.88. The topological polar surface area (TPSA) is 95.8 Å². The monoisotopic (exact) mass is 307 g/mol. The second-order valence-corrected chi connectivity index (χ2v) is 5.56. The maximum Gasteiger partial charge on any atom is 0.325 e. The number of amides is 4. The highest BCUT2D eigenvalue weighted by Crippen LogP contribution is 2.16. The van der Waals surface area contributed by atoms with Crippen molar-refractivity contribution in [2.45, 2.75) is 13.0 Å². The summed E-state index contributed by atoms with van der Waals surface area (Å²) in [5.74, 6) is -0.797. The Hall–Kier alpha value is -2.42. The largest absolute Gasteiger partial charge is 0.346 e. The predicted octanol–water partition coefficient (Wildman–Crippen LogP) is 0.125. The van der Waals surface area contributed by atoms with E-state index in [0.29, 0.717) is 0 Å². The highest BCUT2D eigenvalue weighted by molar-refractivity contribution is 7.15. The van der Waals surface area contributed by atoms with Crippen molar-refractivity contribution in [3.8, 4) is 0 Å². The molecular weight excluding hydrogens is 294 g/mol. The summed E-state index contributed by atoms with van der Waals surface area (Å²) in [6, 6.07) is -0.837. The molecule has 2 aromatic rings. The number of imide groups is 1. The Bertz CT molecular complexity index is 677. The van der Waals surface area contributed by atoms with Gasteiger partial charge in [-0.2, -0.15) is 0 Å². The highest BCUT2D eigenvalue weighted by Gasteiger charge is 2.30. The summed E-state index contributed by atoms with van der Waals surface area (Å²) in [6.45, 7) is 1.46. The predicted molar refractivity (Wildman–Crippen MR) is 74.7 cm³/mol. The van der Waals surface area contributed by atoms with Crippen molar-refractivity contribution in [1.82, 2.24) is 24.9 Å². The van der Waals surface area contributed by atoms with Crippen LogP contribution in [-0.4, -0.2) is 45.2 Å². The third-order valence-corrected chi connectivity index (χ3v) is 3.94. The molecule has 1 fully saturated rings. The van der Waals surface area contributed by atoms with E-state index in [-0.39, 0.29) is 19.1 Å². The van der Waals surface area contributed by atoms with Gasteiger partial charge < -0.3 is 10.6 Å². The lowest BCUT2D eigenvalue weighted by Crippen LogP contribution is -2.41. The first kappa shape index (κ1) is 13.6. The van der Waals surface area contributed by atoms with Crippen molar-refractivity contribution < 1.29 is 14.4 Å². The van der Waals surface area contributed by atoms with Crippen LogP contribution in [0.3, 0.4) is 0 Å². The van der Waals surface area contributed by atoms with E-state index in [2.05, 4.69) is 15.6 Å². The van der Waals surface area contributed by atoms with E-state index in [0.717, 1.165) is 15.6 Å². The summed E-state index contributed by atoms with van der Waals surface area (Å²) in [5, 5.41) is 7.02. The van der Waals surface area contributed by atoms with Gasteiger partial charge in [0.2, 0.25) is 5.91 Å². The lowest BCUT2D eigenvalue weighted by atomic mass is 10.2. The first-order valence-corrected chi connectivity index (χ1v) is 7.22. The molecule has 2 N–H and O–H groups in total. The van der Waals surface area contributed by atoms with Gasteiger partial charge in [-0.25, -0.2) is 9.78 Å². The minimum absolute atomic E-state index is 0.0566. The normalized spacial score (nSPS) is 16.3. The molecule has 0 bridgehead atoms. The number of imidazole rings is 1. The molecule has 8 nitrogen and oxygen atoms in total. The third kappa shape index (κ3) is 2.59. The summed E-state index contributed by atoms with van der Waals surface area (Å²) in [4.78, 5) is 40.8. The smallest absolute Gasteiger partial charge is 0.325 e. The number of thiazole rings is 1. The third-order valence-electron chi connectivity index (χ3n) is 3.17. The highest BCUT2D eigenvalue weighted by atomic mass is 32.1. The van der Waals surface area contributed by atoms with Gasteiger partial charge in [-0.15, -0.1) is 11.3 Å². The van der Waals surface area contributed by atoms with Gasteiger partial charge in [0.1, 0.15) is 6.54 Å². The van der Waals surface area contributed by atoms with Crippen LogP contribution >= 0.6 is 11.3 Å². The van der Waals surface area contributed by atoms with E-state index < -0.39 is 17.8 Å². The van der Waals surface area contributed by atoms with Gasteiger partial charge >= 0.3 is 6.03 Å². The number of urea groups is 1. The number of fused-ring (bicyclic) bond motifs is 1. The Balaban J connectivity index is 1.63. The molecule has 1 atom stereocenters. The minimum Gasteiger partial charge on any atom is -0.346 e. The molecule has 2 aromatic heterocycles. The first-order valence-electron chi connectivity index (χ1n) is 6.34. The maximum absolute atomic E-state index is 11.9. The first-order chi connectivity index (χ1) is 10.0. The lowest BCUT2D eigenvalue weighted by molar-refractivity contribution is -0.130. The number of aromatic nitrogens is 2. The quantitative estimate of drug-likeness (QED) is 0.785. The van der Waals surface area contributed by atoms with Crippen LogP contribution in [0.2, 0.25) is 0 Å². The molecule has 21 heavy (non-hydrogen) atoms. The van der Waals surface area contributed by atoms with Crippen molar-refractivity contribution in [3.05, 3.63) is 23.5 Å². The van der Waals surface area contributed by atoms with Gasteiger partial charge in [0.25, 0.3) is 5.91 Å². The van der Waals surface area contributed by atoms with Gasteiger partial charge in [-0.05, 0) is 6.92 Å². The molecule has 0 aromatic carbocycles. The molecule has 9 heteroatoms. The van der Waals surface area contributed by atoms with Crippen LogP contribution in [-0.2, 0) is 9.59 Å². The minimum atomic E-state index is -0.537. The van der Waals surface area contributed by atoms with Crippen molar-refractivity contribution in [1.29, 1.82) is 0 Å². The molecule has 0 radical (unpaired) electrons. The zero-order valence-electron chi connectivity index (χ0n) is 11.2. The van der Waals surface area contributed by atoms with Crippen LogP contribution in [0, 0.1) is 0 Å². The van der Waals surface area contributed by atoms with Crippen LogP contribution in [0.25, 0.3) is 4.96 Å². The van der Waals surface area contributed by atoms with E-state index in [1.54, 1.807) is 6.92 Å². The van der Waals surface area contributed by atoms with Gasteiger partial charge in [0.15, 0.2) is 4.96 Å². The average molecular weight is 307 g/mol. The summed E-state index contributed by atoms with van der Waals surface area (Å²) >= 11 is 1.50. The van der Waals surface area contributed by atoms with Gasteiger partial charge in [-0.1, -0.05) is 0 Å². The number of rotatable bonds is 4. The van der Waals surface area contributed by atoms with Gasteiger partial charge in [0.05, 0.1) is 18.3 Å². The fourth-order valence-corrected chi connectivity index (χ4v) is 2.78. The van der Waals surface area contributed by atoms with E-state index in [1.165, 1.54) is 11.3 Å². The van der Waals surface area contributed by atoms with E-state index >= 15 is 0 Å². The Morgan fingerprint density at radius 2 is 2.38 bits per heavy atom. The summed E-state index contributed by atoms with van der Waals surface area (Å²) in [5.41, 5.74) is 0.729. The molecule has 0 aliphatic carbocycles. The van der Waals surface area contributed by atoms with Crippen LogP contribution in [0.5, 0.6) is 0 Å². The molecule has 1 aliphatic rings. The maximum atomic E-state index is 11.9. The summed E-state index contributed by atoms with van der Waals surface area (Å²) in [6.07, 6.45) is 3.72. The standard InChI is InChI=1S/C12H13N5O3S/c1-7(8-5-16-2-3-21-12(16)15-8)14-9(18)6-17-10(19)4-13-11(17)20/h2-3,5,7H,4,6H2,1H3,(H,13,20)(H,14,18)/t7-/m0/s1. The zero-order valence-corrected chi connectivity index (χ0v) is 12.0. The van der Waals surface area contributed by atoms with Gasteiger partial charge in [-0.3, -0.25) is 18.9 Å². The molecule has 0 spiro atoms. The van der Waals surface area contributed by atoms with Crippen molar-refractivity contribution >= 4 is 34.1 Å². The SMILES string of the molecule is C[C@H](NC(=O)CN1C(=O)CNC1=O)c1cn2ccsc2n1. The number of nitrogens with zero attached hydrogens (tertiary/aromatic N) is 3. The van der Waals surface area contributed by atoms with Crippen molar-refractivity contribution in [3.63, 3.8) is 0 Å². The van der Waals surface area contributed by atoms with Crippen LogP contribution < -0.4 is 10.6 Å². The molecule has 4 amide bonds. The molecular formula is C12H13N5O3S. The van der Waals surface area contributed by atoms with Crippen LogP contribution in [0.1, 0.15) is 18.7 Å². The second kappa shape index (κ2) is 5.17. The molecule has 0 unspecified atom stereocenters. The van der Waals surface area contributed by atoms with Crippen LogP contribution in [0.4, 0.5) is 4.79 Å². The zero-order chi connectivity index (χ0) is 15.0. The number of carbonyl (C=O) groups excluding carboxylic acids is 3. The molecule has 3 rings (SSSR count). The summed E-state index contributed by atoms with van der Waals surface area (Å²) in [7, 11) is 0. The average Bonchev–Trinajstić information content (AvgIpc) is 3.08. The number of nitrogens with one attached hydrogen (secondary N) is 2. The Morgan fingerprint density at radius 1 is 1.57 bits per heavy atom. The molecule has 0 saturated carbocycles. The van der Waals surface area contributed by atoms with Crippen molar-refractivity contribution in [2.24, 2.45) is 0 Å². The Kier molecular flexibility index (Phi) is 3.34. The fraction of sp³-hybridized carbons (Fsp3) is 0.333. The van der Waals surface area contributed by atoms with Crippen molar-refractivity contribution in [2.75, 3.05) is 13.1 Å². The molecule has 3 heterocycles. The fourth-order valence-electron chi connectivity index (χ4n) is 2.07. The number of hydrogen-bond donors (Lipinski definition) is 2. The molecule has 1 saturated heterocycles. The van der Waals surface area contributed by atoms with E-state index in [4.69, 9.17) is 0 Å². The Morgan fingerprint density at radius 3 is 3.05 bits per heavy atom. The van der Waals surface area contributed by atoms with Crippen LogP contribution in [0.15, 0.2) is 17.8 Å². The second-order valence-electron chi connectivity index (χ2n) is 4.69. The number of carbonyl (C=O) groups is 3. The van der Waals surface area contributed by atoms with E-state index in [1.807, 2.05) is 22.2 Å². The van der Waals surface area contributed by atoms with Gasteiger partial charge in [0, 0.05) is 17.8 Å². The molecule has 1 aliphatic heterocycles. The lowest BCUT2D eigenvalue weighted by Gasteiger charge is -2.15. The molecule has 110 valence electrons. The number of hydrogen-bond acceptors (Lipinski definition) is 5.